The number of ether oxygens (including phenoxy) is 1. The fraction of sp³-hybridized carbons (Fsp3) is 0.444. The Morgan fingerprint density at radius 2 is 2.00 bits per heavy atom. The van der Waals surface area contributed by atoms with Gasteiger partial charge in [-0.2, -0.15) is 0 Å². The van der Waals surface area contributed by atoms with Crippen LogP contribution in [0.2, 0.25) is 0 Å². The van der Waals surface area contributed by atoms with E-state index in [4.69, 9.17) is 4.74 Å². The van der Waals surface area contributed by atoms with Gasteiger partial charge in [0.15, 0.2) is 0 Å². The Kier molecular flexibility index (Phi) is 5.43. The van der Waals surface area contributed by atoms with Crippen LogP contribution in [0.3, 0.4) is 0 Å². The summed E-state index contributed by atoms with van der Waals surface area (Å²) in [6.07, 6.45) is 0.214. The van der Waals surface area contributed by atoms with E-state index in [1.54, 1.807) is 0 Å². The van der Waals surface area contributed by atoms with Gasteiger partial charge in [-0.3, -0.25) is 0 Å². The molecular weight excluding hydrogens is 278 g/mol. The first-order chi connectivity index (χ1) is 9.97. The molecule has 3 heteroatoms. The maximum atomic E-state index is 5.73. The van der Waals surface area contributed by atoms with Gasteiger partial charge in [-0.1, -0.05) is 32.0 Å². The Labute approximate surface area is 132 Å². The Balaban J connectivity index is 1.88. The third-order valence-corrected chi connectivity index (χ3v) is 4.59. The van der Waals surface area contributed by atoms with Crippen molar-refractivity contribution in [2.45, 2.75) is 45.8 Å². The van der Waals surface area contributed by atoms with Gasteiger partial charge >= 0.3 is 0 Å². The minimum atomic E-state index is 0.167. The molecule has 0 bridgehead atoms. The van der Waals surface area contributed by atoms with Crippen LogP contribution in [0.25, 0.3) is 0 Å². The smallest absolute Gasteiger partial charge is 0.120 e. The summed E-state index contributed by atoms with van der Waals surface area (Å²) in [6.45, 7) is 10.5. The minimum absolute atomic E-state index is 0.167. The monoisotopic (exact) mass is 303 g/mol. The van der Waals surface area contributed by atoms with E-state index in [0.29, 0.717) is 0 Å². The van der Waals surface area contributed by atoms with Gasteiger partial charge < -0.3 is 10.1 Å². The predicted molar refractivity (Wildman–Crippen MR) is 91.3 cm³/mol. The molecular formula is C18H25NOS. The zero-order valence-electron chi connectivity index (χ0n) is 13.3. The van der Waals surface area contributed by atoms with E-state index in [0.717, 1.165) is 18.8 Å². The van der Waals surface area contributed by atoms with Gasteiger partial charge in [0, 0.05) is 23.4 Å². The molecule has 1 N–H and O–H groups in total. The fourth-order valence-corrected chi connectivity index (χ4v) is 3.12. The number of rotatable bonds is 7. The van der Waals surface area contributed by atoms with Crippen molar-refractivity contribution in [1.82, 2.24) is 5.32 Å². The topological polar surface area (TPSA) is 21.3 Å². The number of hydrogen-bond donors (Lipinski definition) is 1. The second-order valence-corrected chi connectivity index (χ2v) is 7.23. The van der Waals surface area contributed by atoms with Gasteiger partial charge in [-0.25, -0.2) is 0 Å². The van der Waals surface area contributed by atoms with Crippen LogP contribution < -0.4 is 10.1 Å². The van der Waals surface area contributed by atoms with Crippen LogP contribution in [0.15, 0.2) is 41.8 Å². The summed E-state index contributed by atoms with van der Waals surface area (Å²) in [5.74, 6) is 0.946. The van der Waals surface area contributed by atoms with Crippen LogP contribution in [-0.2, 0) is 12.0 Å². The number of thiophene rings is 1. The standard InChI is InChI=1S/C18H25NOS/c1-14(2)20-16-8-5-7-15(11-16)12-19-13-18(3,4)17-9-6-10-21-17/h5-11,14,19H,12-13H2,1-4H3. The van der Waals surface area contributed by atoms with Crippen molar-refractivity contribution in [3.63, 3.8) is 0 Å². The molecule has 1 aromatic carbocycles. The van der Waals surface area contributed by atoms with Crippen LogP contribution in [-0.4, -0.2) is 12.6 Å². The van der Waals surface area contributed by atoms with Gasteiger partial charge in [0.25, 0.3) is 0 Å². The first kappa shape index (κ1) is 16.1. The van der Waals surface area contributed by atoms with Gasteiger partial charge in [0.2, 0.25) is 0 Å². The summed E-state index contributed by atoms with van der Waals surface area (Å²) in [6, 6.07) is 12.7. The van der Waals surface area contributed by atoms with Crippen molar-refractivity contribution in [1.29, 1.82) is 0 Å². The highest BCUT2D eigenvalue weighted by Gasteiger charge is 2.20. The predicted octanol–water partition coefficient (Wildman–Crippen LogP) is 4.60. The molecule has 0 fully saturated rings. The molecule has 0 saturated heterocycles. The average Bonchev–Trinajstić information content (AvgIpc) is 2.92. The lowest BCUT2D eigenvalue weighted by Gasteiger charge is -2.24. The lowest BCUT2D eigenvalue weighted by Crippen LogP contribution is -2.31. The second-order valence-electron chi connectivity index (χ2n) is 6.28. The van der Waals surface area contributed by atoms with Crippen molar-refractivity contribution < 1.29 is 4.74 Å². The molecule has 0 atom stereocenters. The van der Waals surface area contributed by atoms with E-state index < -0.39 is 0 Å². The summed E-state index contributed by atoms with van der Waals surface area (Å²) >= 11 is 1.83. The Hall–Kier alpha value is -1.32. The zero-order chi connectivity index (χ0) is 15.3. The highest BCUT2D eigenvalue weighted by atomic mass is 32.1. The molecule has 114 valence electrons. The van der Waals surface area contributed by atoms with Gasteiger partial charge in [0.1, 0.15) is 5.75 Å². The molecule has 0 aliphatic heterocycles. The minimum Gasteiger partial charge on any atom is -0.491 e. The lowest BCUT2D eigenvalue weighted by atomic mass is 9.91. The van der Waals surface area contributed by atoms with Crippen LogP contribution >= 0.6 is 11.3 Å². The molecule has 0 aliphatic rings. The van der Waals surface area contributed by atoms with E-state index in [9.17, 15) is 0 Å². The lowest BCUT2D eigenvalue weighted by molar-refractivity contribution is 0.242. The van der Waals surface area contributed by atoms with Crippen molar-refractivity contribution in [3.8, 4) is 5.75 Å². The van der Waals surface area contributed by atoms with E-state index in [-0.39, 0.29) is 11.5 Å². The van der Waals surface area contributed by atoms with Crippen molar-refractivity contribution in [2.75, 3.05) is 6.54 Å². The SMILES string of the molecule is CC(C)Oc1cccc(CNCC(C)(C)c2cccs2)c1. The first-order valence-corrected chi connectivity index (χ1v) is 8.35. The van der Waals surface area contributed by atoms with Crippen molar-refractivity contribution in [3.05, 3.63) is 52.2 Å². The first-order valence-electron chi connectivity index (χ1n) is 7.48. The van der Waals surface area contributed by atoms with Gasteiger partial charge in [0.05, 0.1) is 6.10 Å². The summed E-state index contributed by atoms with van der Waals surface area (Å²) in [5.41, 5.74) is 1.43. The molecule has 2 nitrogen and oxygen atoms in total. The van der Waals surface area contributed by atoms with Crippen LogP contribution in [0.1, 0.15) is 38.1 Å². The van der Waals surface area contributed by atoms with Crippen LogP contribution in [0, 0.1) is 0 Å². The van der Waals surface area contributed by atoms with E-state index >= 15 is 0 Å². The molecule has 0 aliphatic carbocycles. The van der Waals surface area contributed by atoms with Crippen molar-refractivity contribution >= 4 is 11.3 Å². The fourth-order valence-electron chi connectivity index (χ4n) is 2.27. The number of nitrogens with one attached hydrogen (secondary N) is 1. The Morgan fingerprint density at radius 3 is 2.67 bits per heavy atom. The molecule has 0 amide bonds. The number of hydrogen-bond acceptors (Lipinski definition) is 3. The normalized spacial score (nSPS) is 11.9. The number of benzene rings is 1. The van der Waals surface area contributed by atoms with E-state index in [1.807, 2.05) is 17.4 Å². The molecule has 0 unspecified atom stereocenters. The molecule has 0 saturated carbocycles. The summed E-state index contributed by atoms with van der Waals surface area (Å²) in [5, 5.41) is 5.70. The highest BCUT2D eigenvalue weighted by Crippen LogP contribution is 2.26. The molecule has 1 aromatic heterocycles. The second kappa shape index (κ2) is 7.10. The average molecular weight is 303 g/mol. The summed E-state index contributed by atoms with van der Waals surface area (Å²) < 4.78 is 5.73. The largest absolute Gasteiger partial charge is 0.491 e. The molecule has 1 heterocycles. The maximum Gasteiger partial charge on any atom is 0.120 e. The van der Waals surface area contributed by atoms with Crippen LogP contribution in [0.4, 0.5) is 0 Å². The maximum absolute atomic E-state index is 5.73. The van der Waals surface area contributed by atoms with Gasteiger partial charge in [-0.15, -0.1) is 11.3 Å². The summed E-state index contributed by atoms with van der Waals surface area (Å²) in [4.78, 5) is 1.42. The molecule has 0 radical (unpaired) electrons. The van der Waals surface area contributed by atoms with E-state index in [2.05, 4.69) is 68.7 Å². The quantitative estimate of drug-likeness (QED) is 0.807. The van der Waals surface area contributed by atoms with Crippen LogP contribution in [0.5, 0.6) is 5.75 Å². The molecule has 21 heavy (non-hydrogen) atoms. The highest BCUT2D eigenvalue weighted by molar-refractivity contribution is 7.10. The molecule has 2 aromatic rings. The third kappa shape index (κ3) is 4.87. The zero-order valence-corrected chi connectivity index (χ0v) is 14.2. The molecule has 0 spiro atoms. The summed E-state index contributed by atoms with van der Waals surface area (Å²) in [7, 11) is 0. The Bertz CT molecular complexity index is 546. The third-order valence-electron chi connectivity index (χ3n) is 3.35. The Morgan fingerprint density at radius 1 is 1.19 bits per heavy atom. The van der Waals surface area contributed by atoms with Crippen molar-refractivity contribution in [2.24, 2.45) is 0 Å². The molecule has 2 rings (SSSR count). The van der Waals surface area contributed by atoms with E-state index in [1.165, 1.54) is 10.4 Å². The van der Waals surface area contributed by atoms with Gasteiger partial charge in [-0.05, 0) is 43.0 Å².